The Labute approximate surface area is 135 Å². The Morgan fingerprint density at radius 3 is 2.45 bits per heavy atom. The molecule has 0 saturated carbocycles. The van der Waals surface area contributed by atoms with Gasteiger partial charge in [0.15, 0.2) is 5.11 Å². The van der Waals surface area contributed by atoms with E-state index >= 15 is 0 Å². The lowest BCUT2D eigenvalue weighted by Crippen LogP contribution is -2.29. The fraction of sp³-hybridized carbons (Fsp3) is 0.176. The SMILES string of the molecule is CNC(=S)N/N=C(\CCc1ccccc1)c1ccccc1O. The summed E-state index contributed by atoms with van der Waals surface area (Å²) in [6.07, 6.45) is 1.53. The van der Waals surface area contributed by atoms with Gasteiger partial charge in [0, 0.05) is 12.6 Å². The maximum Gasteiger partial charge on any atom is 0.186 e. The van der Waals surface area contributed by atoms with Crippen LogP contribution in [0.3, 0.4) is 0 Å². The summed E-state index contributed by atoms with van der Waals surface area (Å²) < 4.78 is 0. The number of hydrazone groups is 1. The first-order valence-corrected chi connectivity index (χ1v) is 7.48. The van der Waals surface area contributed by atoms with Crippen molar-refractivity contribution in [2.45, 2.75) is 12.8 Å². The smallest absolute Gasteiger partial charge is 0.186 e. The van der Waals surface area contributed by atoms with E-state index < -0.39 is 0 Å². The molecule has 0 saturated heterocycles. The molecule has 0 radical (unpaired) electrons. The van der Waals surface area contributed by atoms with Gasteiger partial charge in [0.1, 0.15) is 5.75 Å². The maximum absolute atomic E-state index is 10.0. The molecule has 0 aliphatic carbocycles. The molecule has 0 aliphatic heterocycles. The summed E-state index contributed by atoms with van der Waals surface area (Å²) in [6.45, 7) is 0. The summed E-state index contributed by atoms with van der Waals surface area (Å²) in [4.78, 5) is 0. The number of para-hydroxylation sites is 1. The number of hydrogen-bond acceptors (Lipinski definition) is 3. The lowest BCUT2D eigenvalue weighted by Gasteiger charge is -2.10. The van der Waals surface area contributed by atoms with E-state index in [0.29, 0.717) is 17.1 Å². The van der Waals surface area contributed by atoms with Gasteiger partial charge in [-0.2, -0.15) is 5.10 Å². The monoisotopic (exact) mass is 313 g/mol. The Balaban J connectivity index is 2.18. The molecule has 0 unspecified atom stereocenters. The summed E-state index contributed by atoms with van der Waals surface area (Å²) in [7, 11) is 1.73. The average molecular weight is 313 g/mol. The molecule has 4 nitrogen and oxygen atoms in total. The van der Waals surface area contributed by atoms with Crippen molar-refractivity contribution in [3.8, 4) is 5.75 Å². The average Bonchev–Trinajstić information content (AvgIpc) is 2.56. The summed E-state index contributed by atoms with van der Waals surface area (Å²) in [5.41, 5.74) is 5.49. The third-order valence-corrected chi connectivity index (χ3v) is 3.52. The Morgan fingerprint density at radius 2 is 1.77 bits per heavy atom. The quantitative estimate of drug-likeness (QED) is 0.451. The molecule has 0 bridgehead atoms. The summed E-state index contributed by atoms with van der Waals surface area (Å²) in [5.74, 6) is 0.214. The van der Waals surface area contributed by atoms with Gasteiger partial charge in [-0.15, -0.1) is 0 Å². The maximum atomic E-state index is 10.0. The van der Waals surface area contributed by atoms with Crippen LogP contribution >= 0.6 is 12.2 Å². The second-order valence-corrected chi connectivity index (χ2v) is 5.16. The first kappa shape index (κ1) is 16.0. The minimum absolute atomic E-state index is 0.214. The number of thiocarbonyl (C=S) groups is 1. The zero-order valence-electron chi connectivity index (χ0n) is 12.4. The molecule has 5 heteroatoms. The van der Waals surface area contributed by atoms with Crippen LogP contribution in [0.1, 0.15) is 17.5 Å². The number of hydrogen-bond donors (Lipinski definition) is 3. The predicted octanol–water partition coefficient (Wildman–Crippen LogP) is 2.82. The Bertz CT molecular complexity index is 656. The van der Waals surface area contributed by atoms with E-state index in [-0.39, 0.29) is 5.75 Å². The highest BCUT2D eigenvalue weighted by atomic mass is 32.1. The van der Waals surface area contributed by atoms with Gasteiger partial charge in [-0.05, 0) is 42.8 Å². The molecule has 0 spiro atoms. The number of benzene rings is 2. The first-order valence-electron chi connectivity index (χ1n) is 7.07. The normalized spacial score (nSPS) is 11.0. The third kappa shape index (κ3) is 4.56. The van der Waals surface area contributed by atoms with Crippen LogP contribution in [0.4, 0.5) is 0 Å². The van der Waals surface area contributed by atoms with Crippen LogP contribution in [0, 0.1) is 0 Å². The van der Waals surface area contributed by atoms with Gasteiger partial charge in [0.2, 0.25) is 0 Å². The van der Waals surface area contributed by atoms with Crippen molar-refractivity contribution in [2.75, 3.05) is 7.05 Å². The van der Waals surface area contributed by atoms with Crippen LogP contribution in [-0.2, 0) is 6.42 Å². The van der Waals surface area contributed by atoms with E-state index in [9.17, 15) is 5.11 Å². The lowest BCUT2D eigenvalue weighted by atomic mass is 10.0. The van der Waals surface area contributed by atoms with Crippen molar-refractivity contribution in [1.82, 2.24) is 10.7 Å². The van der Waals surface area contributed by atoms with Crippen molar-refractivity contribution < 1.29 is 5.11 Å². The second kappa shape index (κ2) is 8.14. The molecule has 3 N–H and O–H groups in total. The highest BCUT2D eigenvalue weighted by Gasteiger charge is 2.09. The molecule has 0 aliphatic rings. The van der Waals surface area contributed by atoms with Crippen LogP contribution in [0.15, 0.2) is 59.7 Å². The summed E-state index contributed by atoms with van der Waals surface area (Å²) >= 11 is 5.04. The number of nitrogens with one attached hydrogen (secondary N) is 2. The molecule has 0 atom stereocenters. The standard InChI is InChI=1S/C17H19N3OS/c1-18-17(22)20-19-15(14-9-5-6-10-16(14)21)12-11-13-7-3-2-4-8-13/h2-10,21H,11-12H2,1H3,(H2,18,20,22)/b19-15+. The number of phenols is 1. The minimum Gasteiger partial charge on any atom is -0.507 e. The lowest BCUT2D eigenvalue weighted by molar-refractivity contribution is 0.474. The van der Waals surface area contributed by atoms with E-state index in [1.165, 1.54) is 5.56 Å². The Hall–Kier alpha value is -2.40. The number of phenolic OH excluding ortho intramolecular Hbond substituents is 1. The number of aromatic hydroxyl groups is 1. The molecule has 114 valence electrons. The van der Waals surface area contributed by atoms with Crippen LogP contribution in [0.5, 0.6) is 5.75 Å². The van der Waals surface area contributed by atoms with Crippen molar-refractivity contribution >= 4 is 23.0 Å². The highest BCUT2D eigenvalue weighted by Crippen LogP contribution is 2.19. The van der Waals surface area contributed by atoms with Gasteiger partial charge in [-0.25, -0.2) is 0 Å². The van der Waals surface area contributed by atoms with Crippen LogP contribution in [0.25, 0.3) is 0 Å². The van der Waals surface area contributed by atoms with E-state index in [1.54, 1.807) is 19.2 Å². The predicted molar refractivity (Wildman–Crippen MR) is 94.2 cm³/mol. The van der Waals surface area contributed by atoms with Gasteiger partial charge in [0.05, 0.1) is 5.71 Å². The van der Waals surface area contributed by atoms with Crippen molar-refractivity contribution in [3.05, 3.63) is 65.7 Å². The van der Waals surface area contributed by atoms with Gasteiger partial charge < -0.3 is 10.4 Å². The molecule has 2 aromatic carbocycles. The van der Waals surface area contributed by atoms with Crippen LogP contribution in [0.2, 0.25) is 0 Å². The van der Waals surface area contributed by atoms with Crippen molar-refractivity contribution in [3.63, 3.8) is 0 Å². The first-order chi connectivity index (χ1) is 10.7. The Kier molecular flexibility index (Phi) is 5.91. The Morgan fingerprint density at radius 1 is 1.09 bits per heavy atom. The van der Waals surface area contributed by atoms with Gasteiger partial charge >= 0.3 is 0 Å². The molecule has 0 fully saturated rings. The van der Waals surface area contributed by atoms with E-state index in [2.05, 4.69) is 28.0 Å². The molecule has 0 heterocycles. The van der Waals surface area contributed by atoms with Crippen LogP contribution < -0.4 is 10.7 Å². The zero-order chi connectivity index (χ0) is 15.8. The fourth-order valence-electron chi connectivity index (χ4n) is 2.05. The molecular formula is C17H19N3OS. The van der Waals surface area contributed by atoms with Gasteiger partial charge in [-0.1, -0.05) is 42.5 Å². The summed E-state index contributed by atoms with van der Waals surface area (Å²) in [6, 6.07) is 17.4. The topological polar surface area (TPSA) is 56.7 Å². The molecule has 2 aromatic rings. The molecular weight excluding hydrogens is 294 g/mol. The van der Waals surface area contributed by atoms with Gasteiger partial charge in [0.25, 0.3) is 0 Å². The minimum atomic E-state index is 0.214. The molecule has 0 amide bonds. The highest BCUT2D eigenvalue weighted by molar-refractivity contribution is 7.80. The number of nitrogens with zero attached hydrogens (tertiary/aromatic N) is 1. The molecule has 22 heavy (non-hydrogen) atoms. The molecule has 2 rings (SSSR count). The van der Waals surface area contributed by atoms with E-state index in [0.717, 1.165) is 12.1 Å². The third-order valence-electron chi connectivity index (χ3n) is 3.23. The van der Waals surface area contributed by atoms with E-state index in [1.807, 2.05) is 30.3 Å². The largest absolute Gasteiger partial charge is 0.507 e. The van der Waals surface area contributed by atoms with Gasteiger partial charge in [-0.3, -0.25) is 5.43 Å². The van der Waals surface area contributed by atoms with Crippen LogP contribution in [-0.4, -0.2) is 23.0 Å². The second-order valence-electron chi connectivity index (χ2n) is 4.75. The van der Waals surface area contributed by atoms with Crippen molar-refractivity contribution in [1.29, 1.82) is 0 Å². The summed E-state index contributed by atoms with van der Waals surface area (Å²) in [5, 5.41) is 17.6. The van der Waals surface area contributed by atoms with E-state index in [4.69, 9.17) is 12.2 Å². The van der Waals surface area contributed by atoms with Crippen molar-refractivity contribution in [2.24, 2.45) is 5.10 Å². The number of rotatable bonds is 5. The zero-order valence-corrected chi connectivity index (χ0v) is 13.2. The molecule has 0 aromatic heterocycles. The fourth-order valence-corrected chi connectivity index (χ4v) is 2.10. The number of aryl methyl sites for hydroxylation is 1.